The first-order valence-corrected chi connectivity index (χ1v) is 9.69. The second-order valence-corrected chi connectivity index (χ2v) is 7.80. The van der Waals surface area contributed by atoms with E-state index in [-0.39, 0.29) is 18.0 Å². The number of nitrogens with zero attached hydrogens (tertiary/aromatic N) is 2. The smallest absolute Gasteiger partial charge is 0.259 e. The summed E-state index contributed by atoms with van der Waals surface area (Å²) in [6.45, 7) is 2.61. The van der Waals surface area contributed by atoms with Crippen molar-refractivity contribution in [2.75, 3.05) is 23.3 Å². The van der Waals surface area contributed by atoms with Crippen LogP contribution in [0, 0.1) is 6.92 Å². The number of benzene rings is 1. The van der Waals surface area contributed by atoms with E-state index < -0.39 is 6.17 Å². The van der Waals surface area contributed by atoms with Gasteiger partial charge in [0.1, 0.15) is 12.0 Å². The molecule has 1 saturated heterocycles. The molecule has 6 nitrogen and oxygen atoms in total. The SMILES string of the molecule is Cc1cc(=O)[nH]c2ccc(NC(=O)c3cc(Br)cnc3N3CCC(F)C3)cc12. The Balaban J connectivity index is 1.66. The number of hydrogen-bond acceptors (Lipinski definition) is 4. The van der Waals surface area contributed by atoms with Crippen LogP contribution in [-0.2, 0) is 0 Å². The monoisotopic (exact) mass is 444 g/mol. The number of hydrogen-bond donors (Lipinski definition) is 2. The molecule has 4 rings (SSSR count). The predicted octanol–water partition coefficient (Wildman–Crippen LogP) is 3.79. The average Bonchev–Trinajstić information content (AvgIpc) is 3.08. The van der Waals surface area contributed by atoms with E-state index >= 15 is 0 Å². The second-order valence-electron chi connectivity index (χ2n) is 6.89. The van der Waals surface area contributed by atoms with Crippen molar-refractivity contribution < 1.29 is 9.18 Å². The molecule has 8 heteroatoms. The summed E-state index contributed by atoms with van der Waals surface area (Å²) in [7, 11) is 0. The van der Waals surface area contributed by atoms with E-state index in [0.29, 0.717) is 40.0 Å². The van der Waals surface area contributed by atoms with E-state index in [1.54, 1.807) is 29.3 Å². The minimum absolute atomic E-state index is 0.164. The van der Waals surface area contributed by atoms with Crippen LogP contribution in [0.15, 0.2) is 45.8 Å². The fourth-order valence-electron chi connectivity index (χ4n) is 3.46. The van der Waals surface area contributed by atoms with Crippen molar-refractivity contribution in [3.8, 4) is 0 Å². The first-order chi connectivity index (χ1) is 13.4. The summed E-state index contributed by atoms with van der Waals surface area (Å²) in [6.07, 6.45) is 1.13. The third-order valence-corrected chi connectivity index (χ3v) is 5.25. The van der Waals surface area contributed by atoms with Crippen molar-refractivity contribution in [2.45, 2.75) is 19.5 Å². The summed E-state index contributed by atoms with van der Waals surface area (Å²) in [4.78, 5) is 33.5. The lowest BCUT2D eigenvalue weighted by Gasteiger charge is -2.20. The van der Waals surface area contributed by atoms with Gasteiger partial charge in [0.05, 0.1) is 12.1 Å². The molecule has 28 heavy (non-hydrogen) atoms. The quantitative estimate of drug-likeness (QED) is 0.643. The van der Waals surface area contributed by atoms with Crippen molar-refractivity contribution in [2.24, 2.45) is 0 Å². The number of anilines is 2. The third-order valence-electron chi connectivity index (χ3n) is 4.82. The number of rotatable bonds is 3. The lowest BCUT2D eigenvalue weighted by Crippen LogP contribution is -2.25. The van der Waals surface area contributed by atoms with E-state index in [4.69, 9.17) is 0 Å². The maximum absolute atomic E-state index is 13.6. The number of nitrogens with one attached hydrogen (secondary N) is 2. The van der Waals surface area contributed by atoms with E-state index in [2.05, 4.69) is 31.2 Å². The summed E-state index contributed by atoms with van der Waals surface area (Å²) in [6, 6.07) is 8.51. The van der Waals surface area contributed by atoms with E-state index in [9.17, 15) is 14.0 Å². The molecule has 3 heterocycles. The number of carbonyl (C=O) groups excluding carboxylic acids is 1. The molecule has 1 amide bonds. The summed E-state index contributed by atoms with van der Waals surface area (Å²) in [5.41, 5.74) is 2.35. The van der Waals surface area contributed by atoms with Gasteiger partial charge >= 0.3 is 0 Å². The Labute approximate surface area is 168 Å². The van der Waals surface area contributed by atoms with Gasteiger partial charge < -0.3 is 15.2 Å². The van der Waals surface area contributed by atoms with Crippen LogP contribution < -0.4 is 15.8 Å². The molecule has 1 atom stereocenters. The maximum atomic E-state index is 13.6. The number of aryl methyl sites for hydroxylation is 1. The van der Waals surface area contributed by atoms with Gasteiger partial charge in [-0.25, -0.2) is 9.37 Å². The Morgan fingerprint density at radius 1 is 1.36 bits per heavy atom. The van der Waals surface area contributed by atoms with Gasteiger partial charge in [-0.2, -0.15) is 0 Å². The van der Waals surface area contributed by atoms with Gasteiger partial charge in [-0.05, 0) is 59.1 Å². The zero-order chi connectivity index (χ0) is 19.8. The highest BCUT2D eigenvalue weighted by Crippen LogP contribution is 2.27. The van der Waals surface area contributed by atoms with Crippen molar-refractivity contribution >= 4 is 44.2 Å². The summed E-state index contributed by atoms with van der Waals surface area (Å²) in [5.74, 6) is 0.148. The topological polar surface area (TPSA) is 78.1 Å². The van der Waals surface area contributed by atoms with Crippen LogP contribution in [0.2, 0.25) is 0 Å². The van der Waals surface area contributed by atoms with E-state index in [0.717, 1.165) is 10.9 Å². The fourth-order valence-corrected chi connectivity index (χ4v) is 3.79. The molecular weight excluding hydrogens is 427 g/mol. The number of pyridine rings is 2. The van der Waals surface area contributed by atoms with Crippen LogP contribution in [0.1, 0.15) is 22.3 Å². The molecule has 0 radical (unpaired) electrons. The van der Waals surface area contributed by atoms with Gasteiger partial charge in [-0.3, -0.25) is 9.59 Å². The van der Waals surface area contributed by atoms with Crippen molar-refractivity contribution in [1.82, 2.24) is 9.97 Å². The highest BCUT2D eigenvalue weighted by Gasteiger charge is 2.27. The zero-order valence-corrected chi connectivity index (χ0v) is 16.7. The van der Waals surface area contributed by atoms with Crippen LogP contribution in [0.4, 0.5) is 15.9 Å². The summed E-state index contributed by atoms with van der Waals surface area (Å²) in [5, 5.41) is 3.73. The number of aromatic amines is 1. The van der Waals surface area contributed by atoms with Gasteiger partial charge in [0.15, 0.2) is 0 Å². The largest absolute Gasteiger partial charge is 0.353 e. The maximum Gasteiger partial charge on any atom is 0.259 e. The molecule has 0 bridgehead atoms. The lowest BCUT2D eigenvalue weighted by atomic mass is 10.1. The molecule has 1 unspecified atom stereocenters. The number of H-pyrrole nitrogens is 1. The van der Waals surface area contributed by atoms with Crippen molar-refractivity contribution in [3.63, 3.8) is 0 Å². The highest BCUT2D eigenvalue weighted by atomic mass is 79.9. The average molecular weight is 445 g/mol. The van der Waals surface area contributed by atoms with Crippen LogP contribution in [0.5, 0.6) is 0 Å². The van der Waals surface area contributed by atoms with E-state index in [1.165, 1.54) is 6.07 Å². The molecule has 0 spiro atoms. The Hall–Kier alpha value is -2.74. The Bertz CT molecular complexity index is 1130. The fraction of sp³-hybridized carbons (Fsp3) is 0.250. The molecule has 144 valence electrons. The first kappa shape index (κ1) is 18.6. The van der Waals surface area contributed by atoms with Crippen LogP contribution in [0.3, 0.4) is 0 Å². The molecule has 1 aliphatic rings. The van der Waals surface area contributed by atoms with Gasteiger partial charge in [-0.1, -0.05) is 0 Å². The molecule has 0 saturated carbocycles. The predicted molar refractivity (Wildman–Crippen MR) is 111 cm³/mol. The molecule has 0 aliphatic carbocycles. The molecule has 2 N–H and O–H groups in total. The minimum atomic E-state index is -0.910. The van der Waals surface area contributed by atoms with Crippen LogP contribution >= 0.6 is 15.9 Å². The van der Waals surface area contributed by atoms with Gasteiger partial charge in [0.25, 0.3) is 5.91 Å². The normalized spacial score (nSPS) is 16.5. The number of carbonyl (C=O) groups is 1. The number of amides is 1. The van der Waals surface area contributed by atoms with Gasteiger partial charge in [-0.15, -0.1) is 0 Å². The lowest BCUT2D eigenvalue weighted by molar-refractivity contribution is 0.102. The third kappa shape index (κ3) is 3.64. The van der Waals surface area contributed by atoms with Crippen molar-refractivity contribution in [3.05, 3.63) is 62.5 Å². The molecule has 1 aromatic carbocycles. The summed E-state index contributed by atoms with van der Waals surface area (Å²) >= 11 is 3.35. The minimum Gasteiger partial charge on any atom is -0.353 e. The second kappa shape index (κ2) is 7.35. The molecule has 3 aromatic rings. The number of fused-ring (bicyclic) bond motifs is 1. The molecule has 1 fully saturated rings. The Kier molecular flexibility index (Phi) is 4.89. The standard InChI is InChI=1S/C20H18BrFN4O2/c1-11-6-18(27)25-17-3-2-14(8-15(11)17)24-20(28)16-7-12(21)9-23-19(16)26-5-4-13(22)10-26/h2-3,6-9,13H,4-5,10H2,1H3,(H,24,28)(H,25,27). The van der Waals surface area contributed by atoms with Crippen molar-refractivity contribution in [1.29, 1.82) is 0 Å². The number of aromatic nitrogens is 2. The Morgan fingerprint density at radius 2 is 2.18 bits per heavy atom. The highest BCUT2D eigenvalue weighted by molar-refractivity contribution is 9.10. The Morgan fingerprint density at radius 3 is 2.93 bits per heavy atom. The van der Waals surface area contributed by atoms with Crippen LogP contribution in [-0.4, -0.2) is 35.1 Å². The molecule has 2 aromatic heterocycles. The van der Waals surface area contributed by atoms with E-state index in [1.807, 2.05) is 13.0 Å². The van der Waals surface area contributed by atoms with Crippen LogP contribution in [0.25, 0.3) is 10.9 Å². The molecule has 1 aliphatic heterocycles. The number of halogens is 2. The van der Waals surface area contributed by atoms with Gasteiger partial charge in [0.2, 0.25) is 5.56 Å². The number of alkyl halides is 1. The molecular formula is C20H18BrFN4O2. The van der Waals surface area contributed by atoms with Gasteiger partial charge in [0, 0.05) is 39.9 Å². The zero-order valence-electron chi connectivity index (χ0n) is 15.1. The first-order valence-electron chi connectivity index (χ1n) is 8.90. The summed E-state index contributed by atoms with van der Waals surface area (Å²) < 4.78 is 14.3.